The van der Waals surface area contributed by atoms with E-state index in [0.717, 1.165) is 19.6 Å². The Labute approximate surface area is 126 Å². The molecule has 112 valence electrons. The topological polar surface area (TPSA) is 40.6 Å². The van der Waals surface area contributed by atoms with Crippen LogP contribution >= 0.6 is 11.6 Å². The predicted octanol–water partition coefficient (Wildman–Crippen LogP) is 2.14. The number of likely N-dealkylation sites (N-methyl/N-ethyl adjacent to an activating group) is 1. The maximum Gasteiger partial charge on any atom is 0.243 e. The Hall–Kier alpha value is -0.620. The fraction of sp³-hybridized carbons (Fsp3) is 0.571. The fourth-order valence-corrected chi connectivity index (χ4v) is 4.13. The summed E-state index contributed by atoms with van der Waals surface area (Å²) in [5.41, 5.74) is 0.655. The third-order valence-electron chi connectivity index (χ3n) is 3.73. The van der Waals surface area contributed by atoms with Crippen LogP contribution in [0.15, 0.2) is 29.2 Å². The van der Waals surface area contributed by atoms with Crippen molar-refractivity contribution >= 4 is 21.6 Å². The smallest absolute Gasteiger partial charge is 0.243 e. The number of hydrogen-bond donors (Lipinski definition) is 0. The average Bonchev–Trinajstić information content (AvgIpc) is 2.97. The molecule has 2 rings (SSSR count). The van der Waals surface area contributed by atoms with Crippen molar-refractivity contribution in [3.8, 4) is 0 Å². The molecule has 1 aliphatic rings. The minimum Gasteiger partial charge on any atom is -0.302 e. The summed E-state index contributed by atoms with van der Waals surface area (Å²) >= 11 is 5.83. The molecule has 0 N–H and O–H groups in total. The summed E-state index contributed by atoms with van der Waals surface area (Å²) < 4.78 is 26.6. The molecule has 1 aliphatic heterocycles. The van der Waals surface area contributed by atoms with Crippen molar-refractivity contribution in [2.75, 3.05) is 33.2 Å². The van der Waals surface area contributed by atoms with Gasteiger partial charge in [-0.1, -0.05) is 18.2 Å². The lowest BCUT2D eigenvalue weighted by atomic mass is 10.2. The number of alkyl halides is 1. The summed E-state index contributed by atoms with van der Waals surface area (Å²) in [5, 5.41) is 0. The molecule has 4 nitrogen and oxygen atoms in total. The quantitative estimate of drug-likeness (QED) is 0.755. The molecule has 1 fully saturated rings. The third-order valence-corrected chi connectivity index (χ3v) is 5.98. The van der Waals surface area contributed by atoms with Crippen molar-refractivity contribution in [3.63, 3.8) is 0 Å². The zero-order valence-electron chi connectivity index (χ0n) is 11.8. The van der Waals surface area contributed by atoms with E-state index in [1.165, 1.54) is 17.1 Å². The number of halogens is 1. The lowest BCUT2D eigenvalue weighted by Crippen LogP contribution is -2.35. The Morgan fingerprint density at radius 1 is 1.25 bits per heavy atom. The van der Waals surface area contributed by atoms with E-state index in [4.69, 9.17) is 11.6 Å². The predicted molar refractivity (Wildman–Crippen MR) is 81.5 cm³/mol. The van der Waals surface area contributed by atoms with E-state index in [-0.39, 0.29) is 5.88 Å². The van der Waals surface area contributed by atoms with Gasteiger partial charge in [0.25, 0.3) is 0 Å². The number of nitrogens with zero attached hydrogens (tertiary/aromatic N) is 2. The molecule has 6 heteroatoms. The zero-order chi connectivity index (χ0) is 14.6. The molecule has 0 bridgehead atoms. The molecule has 1 saturated heterocycles. The third kappa shape index (κ3) is 3.52. The molecular formula is C14H21ClN2O2S. The maximum absolute atomic E-state index is 12.6. The molecule has 0 unspecified atom stereocenters. The SMILES string of the molecule is CN(CCN1CCCC1)S(=O)(=O)c1ccccc1CCl. The molecule has 0 amide bonds. The Kier molecular flexibility index (Phi) is 5.43. The van der Waals surface area contributed by atoms with Gasteiger partial charge in [-0.2, -0.15) is 4.31 Å². The lowest BCUT2D eigenvalue weighted by Gasteiger charge is -2.22. The lowest BCUT2D eigenvalue weighted by molar-refractivity contribution is 0.310. The monoisotopic (exact) mass is 316 g/mol. The number of benzene rings is 1. The Bertz CT molecular complexity index is 542. The molecule has 0 saturated carbocycles. The van der Waals surface area contributed by atoms with E-state index in [1.807, 2.05) is 0 Å². The van der Waals surface area contributed by atoms with Gasteiger partial charge in [0.2, 0.25) is 10.0 Å². The summed E-state index contributed by atoms with van der Waals surface area (Å²) in [7, 11) is -1.82. The minimum atomic E-state index is -3.45. The van der Waals surface area contributed by atoms with Crippen LogP contribution in [0.5, 0.6) is 0 Å². The molecule has 0 radical (unpaired) electrons. The molecule has 0 atom stereocenters. The van der Waals surface area contributed by atoms with Crippen LogP contribution in [0.25, 0.3) is 0 Å². The number of rotatable bonds is 6. The van der Waals surface area contributed by atoms with E-state index in [9.17, 15) is 8.42 Å². The first kappa shape index (κ1) is 15.8. The fourth-order valence-electron chi connectivity index (χ4n) is 2.44. The summed E-state index contributed by atoms with van der Waals surface area (Å²) in [6.07, 6.45) is 2.43. The van der Waals surface area contributed by atoms with Crippen molar-refractivity contribution in [2.24, 2.45) is 0 Å². The summed E-state index contributed by atoms with van der Waals surface area (Å²) in [4.78, 5) is 2.62. The highest BCUT2D eigenvalue weighted by Crippen LogP contribution is 2.20. The van der Waals surface area contributed by atoms with Crippen LogP contribution < -0.4 is 0 Å². The summed E-state index contributed by atoms with van der Waals surface area (Å²) in [6.45, 7) is 3.45. The van der Waals surface area contributed by atoms with Crippen molar-refractivity contribution in [3.05, 3.63) is 29.8 Å². The van der Waals surface area contributed by atoms with Crippen molar-refractivity contribution in [1.29, 1.82) is 0 Å². The van der Waals surface area contributed by atoms with Gasteiger partial charge in [-0.15, -0.1) is 11.6 Å². The first-order valence-electron chi connectivity index (χ1n) is 6.88. The van der Waals surface area contributed by atoms with Crippen LogP contribution in [-0.2, 0) is 15.9 Å². The first-order chi connectivity index (χ1) is 9.55. The van der Waals surface area contributed by atoms with E-state index >= 15 is 0 Å². The van der Waals surface area contributed by atoms with Gasteiger partial charge in [0.05, 0.1) is 4.90 Å². The van der Waals surface area contributed by atoms with Gasteiger partial charge >= 0.3 is 0 Å². The second kappa shape index (κ2) is 6.89. The van der Waals surface area contributed by atoms with Gasteiger partial charge in [-0.25, -0.2) is 8.42 Å². The number of likely N-dealkylation sites (tertiary alicyclic amines) is 1. The van der Waals surface area contributed by atoms with Crippen LogP contribution in [0.4, 0.5) is 0 Å². The standard InChI is InChI=1S/C14H21ClN2O2S/c1-16(10-11-17-8-4-5-9-17)20(18,19)14-7-3-2-6-13(14)12-15/h2-3,6-7H,4-5,8-12H2,1H3. The molecule has 20 heavy (non-hydrogen) atoms. The van der Waals surface area contributed by atoms with Gasteiger partial charge in [-0.3, -0.25) is 0 Å². The van der Waals surface area contributed by atoms with Gasteiger partial charge in [0.15, 0.2) is 0 Å². The highest BCUT2D eigenvalue weighted by molar-refractivity contribution is 7.89. The largest absolute Gasteiger partial charge is 0.302 e. The Balaban J connectivity index is 2.08. The van der Waals surface area contributed by atoms with E-state index in [1.54, 1.807) is 31.3 Å². The highest BCUT2D eigenvalue weighted by Gasteiger charge is 2.24. The molecule has 0 spiro atoms. The molecule has 1 aromatic rings. The first-order valence-corrected chi connectivity index (χ1v) is 8.85. The molecule has 0 aliphatic carbocycles. The van der Waals surface area contributed by atoms with Crippen LogP contribution in [0, 0.1) is 0 Å². The molecule has 1 aromatic carbocycles. The van der Waals surface area contributed by atoms with E-state index in [0.29, 0.717) is 17.0 Å². The number of hydrogen-bond acceptors (Lipinski definition) is 3. The van der Waals surface area contributed by atoms with E-state index < -0.39 is 10.0 Å². The van der Waals surface area contributed by atoms with Crippen molar-refractivity contribution in [1.82, 2.24) is 9.21 Å². The molecule has 1 heterocycles. The second-order valence-corrected chi connectivity index (χ2v) is 7.40. The van der Waals surface area contributed by atoms with Gasteiger partial charge in [0.1, 0.15) is 0 Å². The Morgan fingerprint density at radius 2 is 1.90 bits per heavy atom. The minimum absolute atomic E-state index is 0.204. The normalized spacial score (nSPS) is 16.9. The van der Waals surface area contributed by atoms with Crippen molar-refractivity contribution in [2.45, 2.75) is 23.6 Å². The zero-order valence-corrected chi connectivity index (χ0v) is 13.3. The van der Waals surface area contributed by atoms with Crippen LogP contribution in [0.2, 0.25) is 0 Å². The van der Waals surface area contributed by atoms with Gasteiger partial charge in [0, 0.05) is 26.0 Å². The second-order valence-electron chi connectivity index (χ2n) is 5.12. The van der Waals surface area contributed by atoms with Gasteiger partial charge < -0.3 is 4.90 Å². The molecule has 0 aromatic heterocycles. The molecular weight excluding hydrogens is 296 g/mol. The van der Waals surface area contributed by atoms with Crippen LogP contribution in [0.1, 0.15) is 18.4 Å². The maximum atomic E-state index is 12.6. The summed E-state index contributed by atoms with van der Waals surface area (Å²) in [6, 6.07) is 6.92. The van der Waals surface area contributed by atoms with Crippen LogP contribution in [-0.4, -0.2) is 50.8 Å². The van der Waals surface area contributed by atoms with Gasteiger partial charge in [-0.05, 0) is 37.6 Å². The average molecular weight is 317 g/mol. The van der Waals surface area contributed by atoms with Crippen LogP contribution in [0.3, 0.4) is 0 Å². The Morgan fingerprint density at radius 3 is 2.55 bits per heavy atom. The van der Waals surface area contributed by atoms with E-state index in [2.05, 4.69) is 4.90 Å². The summed E-state index contributed by atoms with van der Waals surface area (Å²) in [5.74, 6) is 0.204. The highest BCUT2D eigenvalue weighted by atomic mass is 35.5. The number of sulfonamides is 1. The van der Waals surface area contributed by atoms with Crippen molar-refractivity contribution < 1.29 is 8.42 Å².